The summed E-state index contributed by atoms with van der Waals surface area (Å²) in [6, 6.07) is 26.5. The minimum atomic E-state index is -1.90. The molecule has 1 aliphatic rings. The molecule has 131 heavy (non-hydrogen) atoms. The minimum absolute atomic E-state index is 0.0236. The average Bonchev–Trinajstić information content (AvgIpc) is 1.80. The number of likely N-dealkylation sites (N-methyl/N-ethyl adjacent to an activating group) is 5. The maximum absolute atomic E-state index is 15.6. The fraction of sp³-hybridized carbons (Fsp3) is 0.426. The van der Waals surface area contributed by atoms with Crippen LogP contribution in [0.25, 0.3) is 10.1 Å². The number of carboxylic acid groups (broad SMARTS) is 1. The summed E-state index contributed by atoms with van der Waals surface area (Å²) in [5, 5.41) is 47.6. The van der Waals surface area contributed by atoms with Crippen LogP contribution in [0.4, 0.5) is 0 Å². The van der Waals surface area contributed by atoms with Crippen LogP contribution in [0.5, 0.6) is 5.75 Å². The molecule has 1 saturated heterocycles. The maximum atomic E-state index is 15.6. The topological polar surface area (TPSA) is 490 Å². The average molecular weight is 1860 g/mol. The van der Waals surface area contributed by atoms with Crippen LogP contribution < -0.4 is 59.3 Å². The molecule has 0 spiro atoms. The Balaban J connectivity index is 1.22. The number of aromatic hydroxyl groups is 1. The highest BCUT2D eigenvalue weighted by atomic mass is 35.5. The normalized spacial score (nSPS) is 21.8. The van der Waals surface area contributed by atoms with E-state index in [4.69, 9.17) is 23.1 Å². The number of phenols is 1. The Labute approximate surface area is 774 Å². The molecule has 0 bridgehead atoms. The Morgan fingerprint density at radius 2 is 0.954 bits per heavy atom. The molecule has 2 heterocycles. The van der Waals surface area contributed by atoms with Crippen molar-refractivity contribution in [2.75, 3.05) is 66.4 Å². The van der Waals surface area contributed by atoms with Crippen molar-refractivity contribution in [3.05, 3.63) is 207 Å². The van der Waals surface area contributed by atoms with E-state index in [1.165, 1.54) is 70.8 Å². The lowest BCUT2D eigenvalue weighted by Crippen LogP contribution is -2.61. The number of hydrogen-bond donors (Lipinski definition) is 13. The number of fused-ring (bicyclic) bond motifs is 1. The molecular formula is C94H119ClN16O18S2. The molecule has 7 aromatic rings. The monoisotopic (exact) mass is 1860 g/mol. The number of carbonyl (C=O) groups excluding carboxylic acids is 15. The number of halogens is 1. The first-order valence-electron chi connectivity index (χ1n) is 43.2. The fourth-order valence-corrected chi connectivity index (χ4v) is 17.0. The third-order valence-electron chi connectivity index (χ3n) is 22.3. The van der Waals surface area contributed by atoms with Gasteiger partial charge in [-0.25, -0.2) is 0 Å². The maximum Gasteiger partial charge on any atom is 0.305 e. The van der Waals surface area contributed by atoms with Crippen LogP contribution in [0.3, 0.4) is 0 Å². The number of phenolic OH excluding ortho intramolecular Hbond substituents is 1. The number of nitrogens with two attached hydrogens (primary N) is 2. The summed E-state index contributed by atoms with van der Waals surface area (Å²) in [5.74, 6) is -17.2. The molecule has 702 valence electrons. The summed E-state index contributed by atoms with van der Waals surface area (Å²) < 4.78 is 0.825. The SMILES string of the molecule is CCCC[C@H]1C(=O)N(C)CC(=O)N[C@@H](CC(=O)O)C(=O)N[C@@H](C(C)C)C(=O)N(C)[C@@H](Cc2ccccc2)C(=O)N[C@@H](Cc2ccc(CN)cc2)C(=O)N(C)CC(=O)N[C@@H](Cc2csc3ccccc23)C(=O)N[C@@H](Cc2ccc(O)cc2)C(=O)N[C@@H](CC(C)C)C(=O)N[C@H](C(=O)NCC(N)=O)CSCC(=O)N[C@@H](Cc2ccc(Cl)cc2)C(=O)N(C)[C@@H](Cc2ccccc2)C(=O)N1C. The van der Waals surface area contributed by atoms with Gasteiger partial charge < -0.3 is 94.0 Å². The van der Waals surface area contributed by atoms with Gasteiger partial charge in [0.05, 0.1) is 31.8 Å². The smallest absolute Gasteiger partial charge is 0.305 e. The number of nitrogens with zero attached hydrogens (tertiary/aromatic N) is 5. The molecule has 34 nitrogen and oxygen atoms in total. The van der Waals surface area contributed by atoms with Crippen molar-refractivity contribution in [2.45, 2.75) is 178 Å². The third kappa shape index (κ3) is 31.5. The van der Waals surface area contributed by atoms with E-state index in [1.807, 2.05) is 25.1 Å². The molecule has 6 aromatic carbocycles. The lowest BCUT2D eigenvalue weighted by atomic mass is 9.98. The van der Waals surface area contributed by atoms with Crippen LogP contribution in [0.1, 0.15) is 106 Å². The number of primary amides is 1. The van der Waals surface area contributed by atoms with Gasteiger partial charge in [-0.3, -0.25) is 76.7 Å². The van der Waals surface area contributed by atoms with Crippen molar-refractivity contribution in [3.8, 4) is 5.75 Å². The van der Waals surface area contributed by atoms with Gasteiger partial charge in [0.25, 0.3) is 0 Å². The number of carbonyl (C=O) groups is 16. The van der Waals surface area contributed by atoms with Crippen molar-refractivity contribution in [1.29, 1.82) is 0 Å². The Morgan fingerprint density at radius 3 is 1.52 bits per heavy atom. The summed E-state index contributed by atoms with van der Waals surface area (Å²) in [4.78, 5) is 241. The van der Waals surface area contributed by atoms with E-state index in [9.17, 15) is 48.6 Å². The summed E-state index contributed by atoms with van der Waals surface area (Å²) in [6.07, 6.45) is -1.45. The predicted molar refractivity (Wildman–Crippen MR) is 497 cm³/mol. The van der Waals surface area contributed by atoms with Gasteiger partial charge >= 0.3 is 5.97 Å². The fourth-order valence-electron chi connectivity index (χ4n) is 15.0. The highest BCUT2D eigenvalue weighted by Gasteiger charge is 2.42. The number of unbranched alkanes of at least 4 members (excludes halogenated alkanes) is 1. The Hall–Kier alpha value is -12.8. The quantitative estimate of drug-likeness (QED) is 0.0412. The van der Waals surface area contributed by atoms with E-state index < -0.39 is 205 Å². The van der Waals surface area contributed by atoms with Crippen LogP contribution in [0.2, 0.25) is 5.02 Å². The third-order valence-corrected chi connectivity index (χ3v) is 24.6. The number of amides is 15. The van der Waals surface area contributed by atoms with E-state index >= 15 is 38.4 Å². The van der Waals surface area contributed by atoms with Crippen molar-refractivity contribution in [3.63, 3.8) is 0 Å². The van der Waals surface area contributed by atoms with Crippen molar-refractivity contribution in [2.24, 2.45) is 23.3 Å². The molecule has 15 amide bonds. The lowest BCUT2D eigenvalue weighted by Gasteiger charge is -2.37. The van der Waals surface area contributed by atoms with E-state index in [-0.39, 0.29) is 69.6 Å². The van der Waals surface area contributed by atoms with Gasteiger partial charge in [-0.1, -0.05) is 186 Å². The first-order valence-corrected chi connectivity index (χ1v) is 45.6. The molecule has 1 aliphatic heterocycles. The van der Waals surface area contributed by atoms with Gasteiger partial charge in [-0.15, -0.1) is 23.1 Å². The van der Waals surface area contributed by atoms with Gasteiger partial charge in [-0.2, -0.15) is 0 Å². The first-order chi connectivity index (χ1) is 62.3. The molecular weight excluding hydrogens is 1740 g/mol. The zero-order valence-corrected chi connectivity index (χ0v) is 77.5. The van der Waals surface area contributed by atoms with Crippen LogP contribution in [0, 0.1) is 11.8 Å². The number of aliphatic carboxylic acids is 1. The number of rotatable bonds is 24. The summed E-state index contributed by atoms with van der Waals surface area (Å²) in [6.45, 7) is 6.39. The van der Waals surface area contributed by atoms with Crippen LogP contribution >= 0.6 is 34.7 Å². The largest absolute Gasteiger partial charge is 0.508 e. The lowest BCUT2D eigenvalue weighted by molar-refractivity contribution is -0.151. The highest BCUT2D eigenvalue weighted by Crippen LogP contribution is 2.28. The molecule has 0 aliphatic carbocycles. The number of thioether (sulfide) groups is 1. The zero-order chi connectivity index (χ0) is 95.9. The van der Waals surface area contributed by atoms with E-state index in [0.717, 1.165) is 51.9 Å². The molecule has 1 aromatic heterocycles. The molecule has 0 radical (unpaired) electrons. The van der Waals surface area contributed by atoms with Crippen molar-refractivity contribution >= 4 is 139 Å². The Kier molecular flexibility index (Phi) is 39.8. The van der Waals surface area contributed by atoms with Gasteiger partial charge in [-0.05, 0) is 105 Å². The van der Waals surface area contributed by atoms with Gasteiger partial charge in [0.1, 0.15) is 72.2 Å². The molecule has 15 N–H and O–H groups in total. The van der Waals surface area contributed by atoms with Gasteiger partial charge in [0, 0.05) is 95.8 Å². The van der Waals surface area contributed by atoms with Crippen LogP contribution in [-0.4, -0.2) is 262 Å². The second-order valence-corrected chi connectivity index (χ2v) is 35.8. The van der Waals surface area contributed by atoms with Crippen molar-refractivity contribution < 1.29 is 86.9 Å². The summed E-state index contributed by atoms with van der Waals surface area (Å²) >= 11 is 8.51. The molecule has 0 saturated carbocycles. The predicted octanol–water partition coefficient (Wildman–Crippen LogP) is 3.47. The molecule has 37 heteroatoms. The first kappa shape index (κ1) is 104. The number of benzene rings is 6. The zero-order valence-electron chi connectivity index (χ0n) is 75.1. The number of nitrogens with one attached hydrogen (secondary N) is 9. The van der Waals surface area contributed by atoms with E-state index in [2.05, 4.69) is 47.9 Å². The number of thiophene rings is 1. The summed E-state index contributed by atoms with van der Waals surface area (Å²) in [7, 11) is 6.57. The highest BCUT2D eigenvalue weighted by molar-refractivity contribution is 8.00. The number of carboxylic acids is 1. The second kappa shape index (κ2) is 50.4. The Bertz CT molecular complexity index is 5150. The molecule has 1 fully saturated rings. The van der Waals surface area contributed by atoms with Crippen LogP contribution in [-0.2, 0) is 122 Å². The van der Waals surface area contributed by atoms with E-state index in [1.54, 1.807) is 148 Å². The summed E-state index contributed by atoms with van der Waals surface area (Å²) in [5.41, 5.74) is 15.3. The standard InChI is InChI=1S/C94H119ClN16O18S2/c1-11-12-26-74-92(127)108(7)51-80(115)100-70(47-82(117)118)88(123)106-83(56(4)5)94(129)110(9)75(44-57-21-15-13-16-22-57)89(124)104-71(42-59-28-30-62(48-96)31-29-59)90(125)107(6)50-79(114)99-69(46-63-52-131-77-27-20-19-25-66(63)77)87(122)103-68(41-61-34-38-65(112)39-35-61)86(121)102-67(40-55(2)3)85(120)105-73(84(119)98-49-78(97)113)53-130-54-81(116)101-72(43-60-32-36-64(95)37-33-60)91(126)111(10)76(93(128)109(74)8)45-58-23-17-14-18-24-58/h13-25,27-39,52,55-56,67-76,83,112H,11-12,26,40-51,53-54,96H2,1-10H3,(H2,97,113)(H,98,119)(H,99,114)(H,100,115)(H,101,116)(H,102,121)(H,103,122)(H,104,124)(H,105,120)(H,106,123)(H,117,118)/t67-,68-,69-,70-,71-,72-,73-,74-,75-,76-,83-/m0/s1. The molecule has 0 unspecified atom stereocenters. The number of hydrogen-bond acceptors (Lipinski definition) is 20. The van der Waals surface area contributed by atoms with E-state index in [0.29, 0.717) is 51.2 Å². The van der Waals surface area contributed by atoms with Crippen molar-refractivity contribution in [1.82, 2.24) is 72.4 Å². The van der Waals surface area contributed by atoms with Crippen LogP contribution in [0.15, 0.2) is 163 Å². The minimum Gasteiger partial charge on any atom is -0.508 e. The molecule has 11 atom stereocenters. The van der Waals surface area contributed by atoms with Gasteiger partial charge in [0.2, 0.25) is 88.6 Å². The second-order valence-electron chi connectivity index (χ2n) is 33.5. The van der Waals surface area contributed by atoms with Gasteiger partial charge in [0.15, 0.2) is 0 Å². The Morgan fingerprint density at radius 1 is 0.489 bits per heavy atom. The molecule has 8 rings (SSSR count).